The molecule has 520 valence electrons. The minimum Gasteiger partial charge on any atom is -0.496 e. The lowest BCUT2D eigenvalue weighted by molar-refractivity contribution is -0.934. The number of benzene rings is 4. The van der Waals surface area contributed by atoms with Crippen LogP contribution in [0.4, 0.5) is 5.69 Å². The van der Waals surface area contributed by atoms with Crippen molar-refractivity contribution in [1.29, 1.82) is 0 Å². The number of amides is 3. The summed E-state index contributed by atoms with van der Waals surface area (Å²) in [6, 6.07) is 24.9. The molecule has 0 radical (unpaired) electrons. The van der Waals surface area contributed by atoms with Gasteiger partial charge in [-0.05, 0) is 85.4 Å². The molecule has 7 aliphatic rings. The molecule has 6 aliphatic heterocycles. The monoisotopic (exact) mass is 1340 g/mol. The van der Waals surface area contributed by atoms with Gasteiger partial charge in [-0.15, -0.1) is 0 Å². The molecule has 1 saturated carbocycles. The number of carbonyl (C=O) groups excluding carboxylic acids is 8. The zero-order valence-corrected chi connectivity index (χ0v) is 57.6. The summed E-state index contributed by atoms with van der Waals surface area (Å²) in [7, 11) is 6.01. The second-order valence-corrected chi connectivity index (χ2v) is 28.1. The Balaban J connectivity index is 0.883. The number of para-hydroxylation sites is 1. The average molecular weight is 1340 g/mol. The van der Waals surface area contributed by atoms with Crippen LogP contribution in [-0.2, 0) is 92.6 Å². The van der Waals surface area contributed by atoms with Crippen LogP contribution in [0.2, 0.25) is 0 Å². The molecule has 4 aromatic carbocycles. The fourth-order valence-corrected chi connectivity index (χ4v) is 18.4. The van der Waals surface area contributed by atoms with Gasteiger partial charge >= 0.3 is 29.8 Å². The molecule has 22 nitrogen and oxygen atoms in total. The van der Waals surface area contributed by atoms with Crippen LogP contribution in [0.15, 0.2) is 121 Å². The zero-order valence-electron chi connectivity index (χ0n) is 57.6. The fourth-order valence-electron chi connectivity index (χ4n) is 18.4. The molecular formula is C76H92N7O15+. The molecule has 1 spiro atoms. The molecule has 2 saturated heterocycles. The Morgan fingerprint density at radius 3 is 2.17 bits per heavy atom. The summed E-state index contributed by atoms with van der Waals surface area (Å²) in [5, 5.41) is 20.2. The number of carbonyl (C=O) groups is 8. The first kappa shape index (κ1) is 69.1. The van der Waals surface area contributed by atoms with Crippen LogP contribution in [-0.4, -0.2) is 182 Å². The van der Waals surface area contributed by atoms with Crippen molar-refractivity contribution in [2.75, 3.05) is 72.5 Å². The standard InChI is InChI=1S/C76H91N7O15/c1-10-46(4)63(66(88)78-57(67(89)97-45-50-25-17-14-18-26-50)37-62(86)96-44-49-23-15-13-16-24-49)79-65(87)58-29-21-33-82(58)61(85)43-83-40-48(11-2)35-51(41-83)39-75(71(90)94-8,64-53(42-83)52-27-19-20-28-56(52)77-64)55-36-54-59(38-60(55)93-7)80(6)69-74(54)31-34-81-32-22-30-73(12-3,68(74)81)70(98-47(5)84)76(69,92)72(91)95-9/h13-20,22-28,30,35-36,38,46,51,57-58,63,68-70,77,92H,10-12,21,29,31-34,37,39-45H2,1-9H3,(H-,78,79,87,88)/p+1/t46-,51-,57-,58-,63-,68-,69+,70+,73+,74+,75-,76-,83+/m0/s1. The Kier molecular flexibility index (Phi) is 19.3. The van der Waals surface area contributed by atoms with Gasteiger partial charge in [-0.1, -0.05) is 131 Å². The number of anilines is 1. The van der Waals surface area contributed by atoms with Gasteiger partial charge in [-0.3, -0.25) is 33.7 Å². The smallest absolute Gasteiger partial charge is 0.344 e. The van der Waals surface area contributed by atoms with Gasteiger partial charge in [0.05, 0.1) is 40.3 Å². The summed E-state index contributed by atoms with van der Waals surface area (Å²) in [5.74, 6) is -5.69. The number of esters is 5. The fraction of sp³-hybridized carbons (Fsp3) is 0.500. The van der Waals surface area contributed by atoms with Crippen LogP contribution >= 0.6 is 0 Å². The molecule has 2 bridgehead atoms. The molecule has 1 aliphatic carbocycles. The molecule has 1 aromatic heterocycles. The minimum absolute atomic E-state index is 0.00836. The Hall–Kier alpha value is -8.86. The van der Waals surface area contributed by atoms with Crippen LogP contribution < -0.4 is 20.3 Å². The molecule has 22 heteroatoms. The second-order valence-electron chi connectivity index (χ2n) is 28.1. The first-order valence-corrected chi connectivity index (χ1v) is 34.5. The maximum Gasteiger partial charge on any atom is 0.344 e. The SMILES string of the molecule is CCC1=C[C@H]2C[C@](C(=O)OC)(c3cc4c(cc3OC)N(C)[C@H]3[C@@](O)(C(=O)OC)[C@H](OC(C)=O)[C@]5(CC)C=CCN6CC[C@]43[C@@H]65)c3[nH]c4ccccc4c3C[N@@+](CC(=O)N3CCC[C@H]3C(=O)N[C@H](C(=O)N[C@@H](CC(=O)OCc3ccccc3)C(=O)OCc3ccccc3)[C@@H](C)CC)(C1)C2. The van der Waals surface area contributed by atoms with Crippen molar-refractivity contribution in [1.82, 2.24) is 25.4 Å². The summed E-state index contributed by atoms with van der Waals surface area (Å²) in [6.07, 6.45) is 7.37. The second kappa shape index (κ2) is 27.5. The molecule has 4 N–H and O–H groups in total. The van der Waals surface area contributed by atoms with Gasteiger partial charge in [0.2, 0.25) is 17.4 Å². The number of nitrogens with one attached hydrogen (secondary N) is 3. The number of quaternary nitrogens is 1. The van der Waals surface area contributed by atoms with Gasteiger partial charge < -0.3 is 63.4 Å². The van der Waals surface area contributed by atoms with Crippen LogP contribution in [0.25, 0.3) is 10.9 Å². The van der Waals surface area contributed by atoms with Gasteiger partial charge in [-0.25, -0.2) is 9.59 Å². The number of aliphatic hydroxyl groups is 1. The van der Waals surface area contributed by atoms with Crippen molar-refractivity contribution in [3.8, 4) is 5.75 Å². The highest BCUT2D eigenvalue weighted by molar-refractivity contribution is 5.97. The van der Waals surface area contributed by atoms with Crippen molar-refractivity contribution >= 4 is 64.2 Å². The summed E-state index contributed by atoms with van der Waals surface area (Å²) in [6.45, 7) is 11.5. The topological polar surface area (TPSA) is 262 Å². The van der Waals surface area contributed by atoms with E-state index in [1.54, 1.807) is 48.4 Å². The molecule has 3 fully saturated rings. The first-order valence-electron chi connectivity index (χ1n) is 34.5. The third kappa shape index (κ3) is 11.7. The van der Waals surface area contributed by atoms with E-state index in [4.69, 9.17) is 28.4 Å². The lowest BCUT2D eigenvalue weighted by Gasteiger charge is -2.63. The van der Waals surface area contributed by atoms with Crippen LogP contribution in [0, 0.1) is 17.3 Å². The molecule has 3 amide bonds. The van der Waals surface area contributed by atoms with E-state index in [1.807, 2.05) is 99.5 Å². The number of ether oxygens (including phenoxy) is 6. The number of hydrogen-bond acceptors (Lipinski definition) is 17. The normalized spacial score (nSPS) is 28.2. The van der Waals surface area contributed by atoms with Crippen LogP contribution in [0.1, 0.15) is 119 Å². The predicted octanol–water partition coefficient (Wildman–Crippen LogP) is 7.15. The number of rotatable bonds is 22. The Morgan fingerprint density at radius 1 is 0.816 bits per heavy atom. The molecule has 5 aromatic rings. The Bertz CT molecular complexity index is 3990. The number of aromatic amines is 1. The van der Waals surface area contributed by atoms with Crippen LogP contribution in [0.3, 0.4) is 0 Å². The van der Waals surface area contributed by atoms with Gasteiger partial charge in [0.1, 0.15) is 55.6 Å². The number of likely N-dealkylation sites (tertiary alicyclic amines) is 1. The predicted molar refractivity (Wildman–Crippen MR) is 363 cm³/mol. The van der Waals surface area contributed by atoms with Crippen molar-refractivity contribution in [2.24, 2.45) is 17.3 Å². The highest BCUT2D eigenvalue weighted by Gasteiger charge is 2.80. The Labute approximate surface area is 571 Å². The zero-order chi connectivity index (χ0) is 69.6. The Morgan fingerprint density at radius 2 is 1.51 bits per heavy atom. The number of methoxy groups -OCH3 is 3. The summed E-state index contributed by atoms with van der Waals surface area (Å²) < 4.78 is 35.9. The van der Waals surface area contributed by atoms with Crippen molar-refractivity contribution in [2.45, 2.75) is 158 Å². The van der Waals surface area contributed by atoms with Crippen molar-refractivity contribution in [3.05, 3.63) is 154 Å². The van der Waals surface area contributed by atoms with Gasteiger partial charge in [-0.2, -0.15) is 0 Å². The largest absolute Gasteiger partial charge is 0.496 e. The third-order valence-electron chi connectivity index (χ3n) is 22.7. The lowest BCUT2D eigenvalue weighted by Crippen LogP contribution is -2.81. The molecule has 98 heavy (non-hydrogen) atoms. The molecule has 12 rings (SSSR count). The lowest BCUT2D eigenvalue weighted by atomic mass is 9.47. The summed E-state index contributed by atoms with van der Waals surface area (Å²) >= 11 is 0. The van der Waals surface area contributed by atoms with E-state index in [0.717, 1.165) is 33.2 Å². The minimum atomic E-state index is -2.40. The summed E-state index contributed by atoms with van der Waals surface area (Å²) in [5.41, 5.74) is 0.460. The van der Waals surface area contributed by atoms with E-state index in [1.165, 1.54) is 21.1 Å². The maximum absolute atomic E-state index is 16.0. The average Bonchev–Trinajstić information content (AvgIpc) is 1.45. The summed E-state index contributed by atoms with van der Waals surface area (Å²) in [4.78, 5) is 126. The molecule has 7 heterocycles. The first-order chi connectivity index (χ1) is 47.1. The van der Waals surface area contributed by atoms with E-state index in [0.29, 0.717) is 93.0 Å². The molecule has 0 unspecified atom stereocenters. The third-order valence-corrected chi connectivity index (χ3v) is 22.7. The van der Waals surface area contributed by atoms with Crippen LogP contribution in [0.5, 0.6) is 5.75 Å². The van der Waals surface area contributed by atoms with E-state index in [-0.39, 0.29) is 55.6 Å². The highest BCUT2D eigenvalue weighted by Crippen LogP contribution is 2.68. The number of nitrogens with zero attached hydrogens (tertiary/aromatic N) is 4. The van der Waals surface area contributed by atoms with Crippen molar-refractivity contribution < 1.29 is 76.4 Å². The van der Waals surface area contributed by atoms with Gasteiger partial charge in [0.25, 0.3) is 5.91 Å². The number of likely N-dealkylation sites (N-methyl/N-ethyl adjacent to an activating group) is 1. The number of aromatic nitrogens is 1. The number of hydrogen-bond donors (Lipinski definition) is 4. The number of H-pyrrole nitrogens is 1. The molecule has 13 atom stereocenters. The van der Waals surface area contributed by atoms with E-state index >= 15 is 9.59 Å². The van der Waals surface area contributed by atoms with E-state index in [2.05, 4.69) is 39.6 Å². The quantitative estimate of drug-likeness (QED) is 0.0232. The van der Waals surface area contributed by atoms with E-state index in [9.17, 15) is 33.9 Å². The van der Waals surface area contributed by atoms with Crippen molar-refractivity contribution in [3.63, 3.8) is 0 Å². The van der Waals surface area contributed by atoms with E-state index < -0.39 is 112 Å². The van der Waals surface area contributed by atoms with Gasteiger partial charge in [0.15, 0.2) is 12.6 Å². The number of fused-ring (bicyclic) bond motifs is 6. The maximum atomic E-state index is 16.0. The molecular weight excluding hydrogens is 1250 g/mol. The van der Waals surface area contributed by atoms with Gasteiger partial charge in [0, 0.05) is 89.3 Å². The highest BCUT2D eigenvalue weighted by atomic mass is 16.6.